The average molecular weight is 436 g/mol. The summed E-state index contributed by atoms with van der Waals surface area (Å²) >= 11 is 4.39. The lowest BCUT2D eigenvalue weighted by molar-refractivity contribution is 0.196. The van der Waals surface area contributed by atoms with Crippen molar-refractivity contribution in [3.8, 4) is 0 Å². The molecule has 2 aromatic rings. The number of benzene rings is 1. The Kier molecular flexibility index (Phi) is 8.03. The molecule has 136 valence electrons. The molecule has 0 saturated heterocycles. The first kappa shape index (κ1) is 19.6. The second kappa shape index (κ2) is 10.3. The fraction of sp³-hybridized carbons (Fsp3) is 0.250. The normalized spacial score (nSPS) is 11.6. The van der Waals surface area contributed by atoms with Crippen LogP contribution in [0.15, 0.2) is 32.3 Å². The van der Waals surface area contributed by atoms with Crippen molar-refractivity contribution in [2.45, 2.75) is 0 Å². The van der Waals surface area contributed by atoms with E-state index >= 15 is 0 Å². The van der Waals surface area contributed by atoms with Crippen molar-refractivity contribution in [2.75, 3.05) is 25.7 Å². The second-order valence-corrected chi connectivity index (χ2v) is 6.04. The molecule has 10 nitrogen and oxygen atoms in total. The highest BCUT2D eigenvalue weighted by atomic mass is 79.9. The molecule has 0 saturated carbocycles. The Hall–Kier alpha value is -1.77. The summed E-state index contributed by atoms with van der Waals surface area (Å²) in [5.41, 5.74) is 4.91. The molecule has 0 spiro atoms. The van der Waals surface area contributed by atoms with E-state index in [1.54, 1.807) is 7.05 Å². The second-order valence-electron chi connectivity index (χ2n) is 4.28. The smallest absolute Gasteiger partial charge is 0.225 e. The summed E-state index contributed by atoms with van der Waals surface area (Å²) in [4.78, 5) is 9.34. The van der Waals surface area contributed by atoms with Gasteiger partial charge in [0.15, 0.2) is 11.5 Å². The van der Waals surface area contributed by atoms with Crippen LogP contribution in [0.25, 0.3) is 0 Å². The molecule has 0 radical (unpaired) electrons. The van der Waals surface area contributed by atoms with E-state index in [1.807, 2.05) is 5.48 Å². The van der Waals surface area contributed by atoms with Gasteiger partial charge in [0.25, 0.3) is 0 Å². The van der Waals surface area contributed by atoms with E-state index in [2.05, 4.69) is 50.8 Å². The number of halogens is 2. The van der Waals surface area contributed by atoms with Gasteiger partial charge >= 0.3 is 0 Å². The fourth-order valence-corrected chi connectivity index (χ4v) is 2.26. The van der Waals surface area contributed by atoms with E-state index in [0.29, 0.717) is 18.8 Å². The van der Waals surface area contributed by atoms with Crippen LogP contribution in [0, 0.1) is 5.82 Å². The van der Waals surface area contributed by atoms with Crippen molar-refractivity contribution < 1.29 is 19.1 Å². The van der Waals surface area contributed by atoms with Crippen molar-refractivity contribution >= 4 is 45.4 Å². The quantitative estimate of drug-likeness (QED) is 0.130. The lowest BCUT2D eigenvalue weighted by Crippen LogP contribution is -2.23. The molecule has 2 rings (SSSR count). The monoisotopic (exact) mass is 435 g/mol. The van der Waals surface area contributed by atoms with Gasteiger partial charge in [-0.2, -0.15) is 0 Å². The molecular weight excluding hydrogens is 421 g/mol. The lowest BCUT2D eigenvalue weighted by atomic mass is 10.3. The molecular formula is C12H15BrFN7O3S. The van der Waals surface area contributed by atoms with Gasteiger partial charge in [-0.05, 0) is 51.5 Å². The molecule has 0 aliphatic carbocycles. The van der Waals surface area contributed by atoms with Crippen LogP contribution < -0.4 is 20.4 Å². The maximum atomic E-state index is 13.3. The minimum Gasteiger partial charge on any atom is -0.290 e. The van der Waals surface area contributed by atoms with Gasteiger partial charge < -0.3 is 0 Å². The van der Waals surface area contributed by atoms with Crippen molar-refractivity contribution in [1.82, 2.24) is 25.2 Å². The van der Waals surface area contributed by atoms with Crippen molar-refractivity contribution in [3.63, 3.8) is 0 Å². The zero-order valence-electron chi connectivity index (χ0n) is 12.9. The van der Waals surface area contributed by atoms with Gasteiger partial charge in [0.05, 0.1) is 16.8 Å². The van der Waals surface area contributed by atoms with E-state index in [1.165, 1.54) is 30.3 Å². The number of hydrogen-bond acceptors (Lipinski definition) is 10. The van der Waals surface area contributed by atoms with Gasteiger partial charge in [0.1, 0.15) is 5.82 Å². The summed E-state index contributed by atoms with van der Waals surface area (Å²) in [5, 5.41) is 16.6. The minimum atomic E-state index is -0.429. The van der Waals surface area contributed by atoms with Crippen LogP contribution in [0.3, 0.4) is 0 Å². The zero-order valence-corrected chi connectivity index (χ0v) is 15.3. The molecule has 5 N–H and O–H groups in total. The first-order valence-corrected chi connectivity index (χ1v) is 8.46. The summed E-state index contributed by atoms with van der Waals surface area (Å²) in [7, 11) is 1.78. The molecule has 0 aliphatic rings. The van der Waals surface area contributed by atoms with Crippen LogP contribution in [0.4, 0.5) is 15.9 Å². The molecule has 13 heteroatoms. The fourth-order valence-electron chi connectivity index (χ4n) is 1.56. The summed E-state index contributed by atoms with van der Waals surface area (Å²) in [6.45, 7) is 0.882. The molecule has 0 aliphatic heterocycles. The van der Waals surface area contributed by atoms with Crippen LogP contribution >= 0.6 is 28.1 Å². The third-order valence-corrected chi connectivity index (χ3v) is 3.77. The highest BCUT2D eigenvalue weighted by Crippen LogP contribution is 2.23. The number of anilines is 1. The van der Waals surface area contributed by atoms with Crippen molar-refractivity contribution in [3.05, 3.63) is 34.2 Å². The van der Waals surface area contributed by atoms with E-state index in [-0.39, 0.29) is 21.8 Å². The Morgan fingerprint density at radius 1 is 1.48 bits per heavy atom. The number of rotatable bonds is 9. The van der Waals surface area contributed by atoms with Crippen LogP contribution in [0.2, 0.25) is 0 Å². The first-order valence-electron chi connectivity index (χ1n) is 6.85. The maximum Gasteiger partial charge on any atom is 0.225 e. The molecule has 0 atom stereocenters. The van der Waals surface area contributed by atoms with Crippen LogP contribution in [0.5, 0.6) is 0 Å². The zero-order chi connectivity index (χ0) is 18.1. The number of amidine groups is 1. The van der Waals surface area contributed by atoms with Gasteiger partial charge in [-0.1, -0.05) is 0 Å². The van der Waals surface area contributed by atoms with Crippen LogP contribution in [-0.2, 0) is 4.84 Å². The standard InChI is InChI=1S/C12H15BrFN7O3S/c1-15-25-16-4-5-23-20-12-10(19-24-21-12)11(18-22)17-7-2-3-9(14)8(13)6-7/h2-3,6,15-16,22H,4-5H2,1H3,(H,17,18)(H,20,21). The summed E-state index contributed by atoms with van der Waals surface area (Å²) in [6.07, 6.45) is 0. The number of nitrogens with one attached hydrogen (secondary N) is 4. The first-order chi connectivity index (χ1) is 12.2. The average Bonchev–Trinajstić information content (AvgIpc) is 3.07. The Morgan fingerprint density at radius 2 is 2.32 bits per heavy atom. The molecule has 0 amide bonds. The number of nitrogens with zero attached hydrogens (tertiary/aromatic N) is 3. The Balaban J connectivity index is 2.04. The van der Waals surface area contributed by atoms with Gasteiger partial charge in [-0.25, -0.2) is 24.2 Å². The van der Waals surface area contributed by atoms with E-state index in [0.717, 1.165) is 0 Å². The largest absolute Gasteiger partial charge is 0.290 e. The molecule has 1 aromatic heterocycles. The van der Waals surface area contributed by atoms with Crippen molar-refractivity contribution in [1.29, 1.82) is 0 Å². The van der Waals surface area contributed by atoms with Gasteiger partial charge in [-0.15, -0.1) is 0 Å². The summed E-state index contributed by atoms with van der Waals surface area (Å²) in [6, 6.07) is 4.10. The number of aromatic nitrogens is 2. The Morgan fingerprint density at radius 3 is 3.04 bits per heavy atom. The van der Waals surface area contributed by atoms with Gasteiger partial charge in [-0.3, -0.25) is 20.2 Å². The Labute approximate surface area is 154 Å². The number of hydroxylamine groups is 1. The predicted molar refractivity (Wildman–Crippen MR) is 93.7 cm³/mol. The third-order valence-electron chi connectivity index (χ3n) is 2.61. The molecule has 0 fully saturated rings. The van der Waals surface area contributed by atoms with Crippen molar-refractivity contribution in [2.24, 2.45) is 4.99 Å². The highest BCUT2D eigenvalue weighted by Gasteiger charge is 2.17. The molecule has 0 bridgehead atoms. The molecule has 1 aromatic carbocycles. The summed E-state index contributed by atoms with van der Waals surface area (Å²) in [5.74, 6) is -0.376. The molecule has 1 heterocycles. The van der Waals surface area contributed by atoms with Gasteiger partial charge in [0.2, 0.25) is 5.82 Å². The maximum absolute atomic E-state index is 13.3. The van der Waals surface area contributed by atoms with E-state index in [4.69, 9.17) is 4.84 Å². The Bertz CT molecular complexity index is 718. The number of hydrogen-bond donors (Lipinski definition) is 5. The van der Waals surface area contributed by atoms with E-state index in [9.17, 15) is 9.60 Å². The van der Waals surface area contributed by atoms with E-state index < -0.39 is 5.82 Å². The van der Waals surface area contributed by atoms with Gasteiger partial charge in [0, 0.05) is 18.7 Å². The summed E-state index contributed by atoms with van der Waals surface area (Å²) < 4.78 is 24.0. The third kappa shape index (κ3) is 5.91. The topological polar surface area (TPSA) is 129 Å². The predicted octanol–water partition coefficient (Wildman–Crippen LogP) is 1.74. The SMILES string of the molecule is CNSNCCONc1nonc1C(=Nc1ccc(F)c(Br)c1)NO. The van der Waals surface area contributed by atoms with Crippen LogP contribution in [0.1, 0.15) is 5.69 Å². The minimum absolute atomic E-state index is 0.0604. The molecule has 25 heavy (non-hydrogen) atoms. The highest BCUT2D eigenvalue weighted by molar-refractivity contribution is 9.10. The lowest BCUT2D eigenvalue weighted by Gasteiger charge is -2.06. The van der Waals surface area contributed by atoms with Crippen LogP contribution in [-0.4, -0.2) is 41.6 Å². The number of aliphatic imine (C=N–C) groups is 1. The molecule has 0 unspecified atom stereocenters.